The van der Waals surface area contributed by atoms with Gasteiger partial charge in [-0.05, 0) is 54.0 Å². The maximum Gasteiger partial charge on any atom is 0.410 e. The number of carbonyl (C=O) groups excluding carboxylic acids is 5. The summed E-state index contributed by atoms with van der Waals surface area (Å²) in [6, 6.07) is 0.324. The molecule has 0 aliphatic carbocycles. The van der Waals surface area contributed by atoms with E-state index in [0.717, 1.165) is 0 Å². The summed E-state index contributed by atoms with van der Waals surface area (Å²) < 4.78 is 17.2. The van der Waals surface area contributed by atoms with Crippen LogP contribution in [0.15, 0.2) is 60.3 Å². The molecule has 1 aromatic heterocycles. The zero-order valence-electron chi connectivity index (χ0n) is 41.6. The van der Waals surface area contributed by atoms with Crippen LogP contribution in [0, 0.1) is 27.9 Å². The second-order valence-corrected chi connectivity index (χ2v) is 19.3. The van der Waals surface area contributed by atoms with Gasteiger partial charge in [-0.3, -0.25) is 34.2 Å². The third-order valence-electron chi connectivity index (χ3n) is 11.5. The fraction of sp³-hybridized carbons (Fsp3) is 0.660. The van der Waals surface area contributed by atoms with E-state index in [1.54, 1.807) is 45.7 Å². The molecule has 378 valence electrons. The minimum Gasteiger partial charge on any atom is -0.448 e. The van der Waals surface area contributed by atoms with Crippen molar-refractivity contribution in [1.82, 2.24) is 30.3 Å². The minimum absolute atomic E-state index is 0.0307. The quantitative estimate of drug-likeness (QED) is 0.0284. The lowest BCUT2D eigenvalue weighted by Crippen LogP contribution is -2.56. The fourth-order valence-corrected chi connectivity index (χ4v) is 9.49. The molecule has 0 spiro atoms. The summed E-state index contributed by atoms with van der Waals surface area (Å²) in [4.78, 5) is 86.7. The van der Waals surface area contributed by atoms with Crippen LogP contribution in [0.3, 0.4) is 0 Å². The molecule has 1 aliphatic heterocycles. The van der Waals surface area contributed by atoms with Crippen molar-refractivity contribution in [2.75, 3.05) is 53.8 Å². The van der Waals surface area contributed by atoms with Crippen molar-refractivity contribution in [3.05, 3.63) is 65.4 Å². The summed E-state index contributed by atoms with van der Waals surface area (Å²) >= 11 is 0. The Morgan fingerprint density at radius 3 is 2.22 bits per heavy atom. The van der Waals surface area contributed by atoms with Crippen molar-refractivity contribution in [1.29, 1.82) is 0 Å². The Balaban J connectivity index is 0.00000727. The summed E-state index contributed by atoms with van der Waals surface area (Å²) in [6.45, 7) is 22.6. The molecule has 0 aromatic carbocycles. The van der Waals surface area contributed by atoms with Crippen LogP contribution in [0.5, 0.6) is 0 Å². The minimum atomic E-state index is -1.01. The maximum atomic E-state index is 14.1. The highest BCUT2D eigenvalue weighted by atomic mass is 33.1. The molecule has 2 rings (SSSR count). The Labute approximate surface area is 406 Å². The van der Waals surface area contributed by atoms with E-state index in [2.05, 4.69) is 42.6 Å². The molecule has 0 bridgehead atoms. The first kappa shape index (κ1) is 60.5. The van der Waals surface area contributed by atoms with Crippen LogP contribution in [0.4, 0.5) is 10.5 Å². The Morgan fingerprint density at radius 2 is 1.70 bits per heavy atom. The van der Waals surface area contributed by atoms with Crippen molar-refractivity contribution in [3.8, 4) is 0 Å². The predicted octanol–water partition coefficient (Wildman–Crippen LogP) is 6.44. The number of aromatic nitrogens is 1. The molecule has 9 atom stereocenters. The van der Waals surface area contributed by atoms with Crippen molar-refractivity contribution < 1.29 is 48.2 Å². The topological polar surface area (TPSA) is 223 Å². The van der Waals surface area contributed by atoms with Gasteiger partial charge in [-0.1, -0.05) is 103 Å². The lowest BCUT2D eigenvalue weighted by molar-refractivity contribution is -0.385. The summed E-state index contributed by atoms with van der Waals surface area (Å²) in [7, 11) is 8.68. The number of ether oxygens (including phenoxy) is 3. The number of aliphatic hydroxyl groups excluding tert-OH is 1. The second kappa shape index (κ2) is 31.5. The van der Waals surface area contributed by atoms with E-state index in [4.69, 9.17) is 14.2 Å². The number of likely N-dealkylation sites (N-methyl/N-ethyl adjacent to an activating group) is 2. The third kappa shape index (κ3) is 18.8. The molecule has 2 heterocycles. The molecular weight excluding hydrogens is 903 g/mol. The molecule has 1 aromatic rings. The number of likely N-dealkylation sites (tertiary alicyclic amines) is 1. The van der Waals surface area contributed by atoms with Crippen molar-refractivity contribution in [3.63, 3.8) is 0 Å². The highest BCUT2D eigenvalue weighted by Gasteiger charge is 2.42. The van der Waals surface area contributed by atoms with Gasteiger partial charge in [0, 0.05) is 46.7 Å². The van der Waals surface area contributed by atoms with Gasteiger partial charge in [0.05, 0.1) is 60.2 Å². The van der Waals surface area contributed by atoms with E-state index in [9.17, 15) is 39.2 Å². The van der Waals surface area contributed by atoms with Crippen LogP contribution in [0.25, 0.3) is 0 Å². The number of nitro groups is 1. The highest BCUT2D eigenvalue weighted by Crippen LogP contribution is 2.31. The standard InChI is InChI=1S/C44H69N7O11S2.C3H8/c1-13-17-31(15-3)40(54)30(8)47-42(55)29(7)41(61-12)33-18-16-21-50(33)36(52)24-34(60-11)39(28(6)14-2)48(9)37(53)26-46-43(56)38(27(4)5)49(10)44(57)62-22-23-63-64-35-20-19-32(25-45-35)51(58)59;1-3-2/h13,15,17,19-20,25,27-30,33-34,38-41,54H,1,3,14,16,18,21-24,26H2,2,4-12H3,(H,46,56)(H,47,55);3H2,1-2H3/b31-17+;. The lowest BCUT2D eigenvalue weighted by atomic mass is 9.90. The molecular formula is C47H77N7O11S2. The van der Waals surface area contributed by atoms with Crippen LogP contribution in [0.2, 0.25) is 0 Å². The number of nitrogens with zero attached hydrogens (tertiary/aromatic N) is 5. The number of allylic oxidation sites excluding steroid dienone is 2. The molecule has 1 aliphatic rings. The van der Waals surface area contributed by atoms with E-state index in [0.29, 0.717) is 42.2 Å². The van der Waals surface area contributed by atoms with Gasteiger partial charge in [0.25, 0.3) is 5.69 Å². The third-order valence-corrected chi connectivity index (χ3v) is 13.8. The van der Waals surface area contributed by atoms with Crippen LogP contribution in [0.1, 0.15) is 87.5 Å². The molecule has 18 nitrogen and oxygen atoms in total. The van der Waals surface area contributed by atoms with Gasteiger partial charge in [0.1, 0.15) is 23.9 Å². The molecule has 3 N–H and O–H groups in total. The Bertz CT molecular complexity index is 1790. The normalized spacial score (nSPS) is 17.3. The number of amides is 5. The Kier molecular flexibility index (Phi) is 28.5. The summed E-state index contributed by atoms with van der Waals surface area (Å²) in [6.07, 6.45) is 5.89. The largest absolute Gasteiger partial charge is 0.448 e. The average molecular weight is 980 g/mol. The number of aliphatic hydroxyl groups is 1. The molecule has 1 saturated heterocycles. The summed E-state index contributed by atoms with van der Waals surface area (Å²) in [5, 5.41) is 27.8. The van der Waals surface area contributed by atoms with Crippen LogP contribution in [-0.4, -0.2) is 156 Å². The first-order valence-electron chi connectivity index (χ1n) is 22.8. The summed E-state index contributed by atoms with van der Waals surface area (Å²) in [5.74, 6) is -2.26. The molecule has 1 fully saturated rings. The first-order valence-corrected chi connectivity index (χ1v) is 25.1. The molecule has 9 unspecified atom stereocenters. The molecule has 0 saturated carbocycles. The zero-order valence-corrected chi connectivity index (χ0v) is 43.2. The zero-order chi connectivity index (χ0) is 51.0. The first-order chi connectivity index (χ1) is 31.7. The predicted molar refractivity (Wildman–Crippen MR) is 264 cm³/mol. The second-order valence-electron chi connectivity index (χ2n) is 16.8. The van der Waals surface area contributed by atoms with Gasteiger partial charge in [-0.15, -0.1) is 0 Å². The number of carbonyl (C=O) groups is 5. The molecule has 20 heteroatoms. The van der Waals surface area contributed by atoms with E-state index >= 15 is 0 Å². The van der Waals surface area contributed by atoms with E-state index < -0.39 is 71.2 Å². The van der Waals surface area contributed by atoms with Crippen LogP contribution < -0.4 is 10.6 Å². The van der Waals surface area contributed by atoms with Crippen molar-refractivity contribution in [2.45, 2.75) is 135 Å². The van der Waals surface area contributed by atoms with Gasteiger partial charge >= 0.3 is 6.09 Å². The fourth-order valence-electron chi connectivity index (χ4n) is 7.80. The summed E-state index contributed by atoms with van der Waals surface area (Å²) in [5.41, 5.74) is 0.396. The van der Waals surface area contributed by atoms with Gasteiger partial charge in [-0.25, -0.2) is 9.78 Å². The SMILES string of the molecule is C=C/C=C(\C=C)C(O)C(C)NC(=O)C(C)C(OC)C1CCCN1C(=O)CC(OC)C(C(C)CC)N(C)C(=O)CNC(=O)C(C(C)C)N(C)C(=O)OCCSSc1ccc([N+](=O)[O-])cn1.CCC. The number of pyridine rings is 1. The maximum absolute atomic E-state index is 14.1. The number of rotatable bonds is 27. The molecule has 5 amide bonds. The van der Waals surface area contributed by atoms with E-state index in [1.165, 1.54) is 89.6 Å². The Morgan fingerprint density at radius 1 is 1.04 bits per heavy atom. The van der Waals surface area contributed by atoms with Crippen molar-refractivity contribution >= 4 is 57.0 Å². The van der Waals surface area contributed by atoms with Crippen LogP contribution in [-0.2, 0) is 33.4 Å². The monoisotopic (exact) mass is 980 g/mol. The lowest BCUT2D eigenvalue weighted by Gasteiger charge is -2.39. The number of nitrogens with one attached hydrogen (secondary N) is 2. The number of hydrogen-bond donors (Lipinski definition) is 3. The molecule has 67 heavy (non-hydrogen) atoms. The van der Waals surface area contributed by atoms with Crippen molar-refractivity contribution in [2.24, 2.45) is 17.8 Å². The Hall–Kier alpha value is -4.50. The molecule has 0 radical (unpaired) electrons. The van der Waals surface area contributed by atoms with Gasteiger partial charge in [0.15, 0.2) is 0 Å². The highest BCUT2D eigenvalue weighted by molar-refractivity contribution is 8.76. The van der Waals surface area contributed by atoms with Crippen LogP contribution >= 0.6 is 21.6 Å². The van der Waals surface area contributed by atoms with Gasteiger partial charge < -0.3 is 39.8 Å². The van der Waals surface area contributed by atoms with E-state index in [1.807, 2.05) is 13.8 Å². The number of methoxy groups -OCH3 is 2. The smallest absolute Gasteiger partial charge is 0.410 e. The van der Waals surface area contributed by atoms with Gasteiger partial charge in [0.2, 0.25) is 23.6 Å². The van der Waals surface area contributed by atoms with Gasteiger partial charge in [-0.2, -0.15) is 0 Å². The van der Waals surface area contributed by atoms with E-state index in [-0.39, 0.29) is 48.9 Å². The average Bonchev–Trinajstić information content (AvgIpc) is 3.79. The number of hydrogen-bond acceptors (Lipinski definition) is 14.